The summed E-state index contributed by atoms with van der Waals surface area (Å²) in [4.78, 5) is 1.23. The maximum atomic E-state index is 6.13. The smallest absolute Gasteiger partial charge is 0.0493 e. The van der Waals surface area contributed by atoms with E-state index < -0.39 is 0 Å². The molecule has 94 valence electrons. The van der Waals surface area contributed by atoms with Crippen molar-refractivity contribution in [2.45, 2.75) is 23.1 Å². The zero-order valence-electron chi connectivity index (χ0n) is 10.2. The summed E-state index contributed by atoms with van der Waals surface area (Å²) in [5, 5.41) is 0.268. The van der Waals surface area contributed by atoms with E-state index in [4.69, 9.17) is 5.73 Å². The van der Waals surface area contributed by atoms with Gasteiger partial charge in [-0.25, -0.2) is 0 Å². The van der Waals surface area contributed by atoms with Gasteiger partial charge < -0.3 is 5.73 Å². The number of halogens is 1. The van der Waals surface area contributed by atoms with Crippen LogP contribution in [0.1, 0.15) is 17.7 Å². The first-order chi connectivity index (χ1) is 8.68. The van der Waals surface area contributed by atoms with Gasteiger partial charge >= 0.3 is 0 Å². The highest BCUT2D eigenvalue weighted by atomic mass is 79.9. The van der Waals surface area contributed by atoms with E-state index >= 15 is 0 Å². The molecule has 0 aromatic heterocycles. The molecular formula is C15H16BrNS. The molecule has 0 saturated heterocycles. The summed E-state index contributed by atoms with van der Waals surface area (Å²) in [6.07, 6.45) is 0. The molecule has 2 aromatic rings. The Morgan fingerprint density at radius 1 is 1.00 bits per heavy atom. The molecule has 0 saturated carbocycles. The van der Waals surface area contributed by atoms with Crippen molar-refractivity contribution in [1.29, 1.82) is 0 Å². The van der Waals surface area contributed by atoms with E-state index in [1.165, 1.54) is 10.5 Å². The predicted octanol–water partition coefficient (Wildman–Crippen LogP) is 4.63. The van der Waals surface area contributed by atoms with Crippen LogP contribution >= 0.6 is 27.7 Å². The Kier molecular flexibility index (Phi) is 4.87. The highest BCUT2D eigenvalue weighted by molar-refractivity contribution is 9.10. The van der Waals surface area contributed by atoms with Crippen LogP contribution in [0, 0.1) is 0 Å². The number of rotatable bonds is 4. The van der Waals surface area contributed by atoms with Crippen LogP contribution in [0.5, 0.6) is 0 Å². The van der Waals surface area contributed by atoms with E-state index in [2.05, 4.69) is 65.3 Å². The first-order valence-corrected chi connectivity index (χ1v) is 7.57. The molecule has 0 radical (unpaired) electrons. The van der Waals surface area contributed by atoms with Crippen molar-refractivity contribution in [2.24, 2.45) is 5.73 Å². The lowest BCUT2D eigenvalue weighted by molar-refractivity contribution is 0.721. The van der Waals surface area contributed by atoms with Crippen molar-refractivity contribution >= 4 is 27.7 Å². The van der Waals surface area contributed by atoms with Crippen LogP contribution in [0.15, 0.2) is 64.0 Å². The van der Waals surface area contributed by atoms with Gasteiger partial charge in [0.05, 0.1) is 0 Å². The van der Waals surface area contributed by atoms with Crippen molar-refractivity contribution in [3.8, 4) is 0 Å². The molecule has 2 unspecified atom stereocenters. The Hall–Kier alpha value is -0.770. The summed E-state index contributed by atoms with van der Waals surface area (Å²) < 4.78 is 1.12. The van der Waals surface area contributed by atoms with Gasteiger partial charge in [-0.05, 0) is 40.5 Å². The average Bonchev–Trinajstić information content (AvgIpc) is 2.38. The maximum absolute atomic E-state index is 6.13. The molecule has 18 heavy (non-hydrogen) atoms. The lowest BCUT2D eigenvalue weighted by Gasteiger charge is -2.21. The molecule has 0 spiro atoms. The zero-order valence-corrected chi connectivity index (χ0v) is 12.6. The van der Waals surface area contributed by atoms with E-state index in [0.717, 1.165) is 4.47 Å². The minimum absolute atomic E-state index is 0.101. The van der Waals surface area contributed by atoms with Crippen molar-refractivity contribution in [3.05, 3.63) is 64.6 Å². The summed E-state index contributed by atoms with van der Waals surface area (Å²) in [6, 6.07) is 18.8. The van der Waals surface area contributed by atoms with Gasteiger partial charge in [-0.3, -0.25) is 0 Å². The summed E-state index contributed by atoms with van der Waals surface area (Å²) >= 11 is 5.39. The zero-order chi connectivity index (χ0) is 13.0. The highest BCUT2D eigenvalue weighted by Crippen LogP contribution is 2.40. The van der Waals surface area contributed by atoms with Crippen LogP contribution in [0.4, 0.5) is 0 Å². The van der Waals surface area contributed by atoms with Crippen molar-refractivity contribution in [2.75, 3.05) is 0 Å². The van der Waals surface area contributed by atoms with Crippen LogP contribution in [0.25, 0.3) is 0 Å². The second-order valence-corrected chi connectivity index (χ2v) is 6.28. The average molecular weight is 322 g/mol. The fourth-order valence-corrected chi connectivity index (χ4v) is 3.48. The normalized spacial score (nSPS) is 14.2. The molecule has 0 amide bonds. The van der Waals surface area contributed by atoms with Gasteiger partial charge in [-0.2, -0.15) is 0 Å². The minimum atomic E-state index is 0.101. The van der Waals surface area contributed by atoms with Gasteiger partial charge in [0.25, 0.3) is 0 Å². The van der Waals surface area contributed by atoms with E-state index in [1.54, 1.807) is 11.8 Å². The van der Waals surface area contributed by atoms with Crippen LogP contribution < -0.4 is 5.73 Å². The van der Waals surface area contributed by atoms with Crippen LogP contribution in [-0.2, 0) is 0 Å². The fraction of sp³-hybridized carbons (Fsp3) is 0.200. The molecule has 2 rings (SSSR count). The number of thioether (sulfide) groups is 1. The van der Waals surface area contributed by atoms with Crippen LogP contribution in [0.2, 0.25) is 0 Å². The molecule has 1 nitrogen and oxygen atoms in total. The molecule has 0 aliphatic carbocycles. The van der Waals surface area contributed by atoms with Crippen molar-refractivity contribution in [1.82, 2.24) is 0 Å². The molecule has 0 aliphatic rings. The van der Waals surface area contributed by atoms with Gasteiger partial charge in [-0.1, -0.05) is 42.5 Å². The third kappa shape index (κ3) is 3.37. The Bertz CT molecular complexity index is 499. The Morgan fingerprint density at radius 3 is 2.22 bits per heavy atom. The quantitative estimate of drug-likeness (QED) is 0.831. The molecule has 2 N–H and O–H groups in total. The molecule has 3 heteroatoms. The fourth-order valence-electron chi connectivity index (χ4n) is 1.80. The summed E-state index contributed by atoms with van der Waals surface area (Å²) in [5.74, 6) is 0. The second-order valence-electron chi connectivity index (χ2n) is 4.24. The second kappa shape index (κ2) is 6.41. The maximum Gasteiger partial charge on any atom is 0.0493 e. The molecule has 2 aromatic carbocycles. The highest BCUT2D eigenvalue weighted by Gasteiger charge is 2.18. The number of hydrogen-bond acceptors (Lipinski definition) is 2. The summed E-state index contributed by atoms with van der Waals surface area (Å²) in [7, 11) is 0. The molecule has 0 fully saturated rings. The summed E-state index contributed by atoms with van der Waals surface area (Å²) in [6.45, 7) is 2.06. The van der Waals surface area contributed by atoms with Gasteiger partial charge in [0.2, 0.25) is 0 Å². The largest absolute Gasteiger partial charge is 0.327 e. The third-order valence-electron chi connectivity index (χ3n) is 2.70. The topological polar surface area (TPSA) is 26.0 Å². The monoisotopic (exact) mass is 321 g/mol. The first-order valence-electron chi connectivity index (χ1n) is 5.90. The van der Waals surface area contributed by atoms with Crippen molar-refractivity contribution in [3.63, 3.8) is 0 Å². The number of nitrogens with two attached hydrogens (primary N) is 1. The van der Waals surface area contributed by atoms with Gasteiger partial charge in [-0.15, -0.1) is 11.8 Å². The predicted molar refractivity (Wildman–Crippen MR) is 82.8 cm³/mol. The van der Waals surface area contributed by atoms with E-state index in [1.807, 2.05) is 12.1 Å². The Morgan fingerprint density at radius 2 is 1.61 bits per heavy atom. The standard InChI is InChI=1S/C15H16BrNS/c1-11(17)15(12-7-3-2-4-8-12)18-14-10-6-5-9-13(14)16/h2-11,15H,17H2,1H3. The minimum Gasteiger partial charge on any atom is -0.327 e. The van der Waals surface area contributed by atoms with Crippen LogP contribution in [-0.4, -0.2) is 6.04 Å². The molecule has 0 aliphatic heterocycles. The first kappa shape index (κ1) is 13.7. The molecule has 0 bridgehead atoms. The summed E-state index contributed by atoms with van der Waals surface area (Å²) in [5.41, 5.74) is 7.40. The Balaban J connectivity index is 2.26. The number of hydrogen-bond donors (Lipinski definition) is 1. The third-order valence-corrected chi connectivity index (χ3v) is 5.22. The molecule has 2 atom stereocenters. The lowest BCUT2D eigenvalue weighted by atomic mass is 10.1. The Labute approximate surface area is 121 Å². The van der Waals surface area contributed by atoms with Crippen molar-refractivity contribution < 1.29 is 0 Å². The van der Waals surface area contributed by atoms with E-state index in [9.17, 15) is 0 Å². The molecular weight excluding hydrogens is 306 g/mol. The lowest BCUT2D eigenvalue weighted by Crippen LogP contribution is -2.22. The van der Waals surface area contributed by atoms with Gasteiger partial charge in [0.15, 0.2) is 0 Å². The van der Waals surface area contributed by atoms with E-state index in [0.29, 0.717) is 0 Å². The van der Waals surface area contributed by atoms with Gasteiger partial charge in [0, 0.05) is 20.7 Å². The molecule has 0 heterocycles. The SMILES string of the molecule is CC(N)C(Sc1ccccc1Br)c1ccccc1. The van der Waals surface area contributed by atoms with Gasteiger partial charge in [0.1, 0.15) is 0 Å². The van der Waals surface area contributed by atoms with E-state index in [-0.39, 0.29) is 11.3 Å². The van der Waals surface area contributed by atoms with Crippen LogP contribution in [0.3, 0.4) is 0 Å². The number of benzene rings is 2.